The van der Waals surface area contributed by atoms with E-state index in [4.69, 9.17) is 9.84 Å². The molecule has 0 aliphatic carbocycles. The van der Waals surface area contributed by atoms with Crippen molar-refractivity contribution in [2.24, 2.45) is 0 Å². The molecular weight excluding hydrogens is 192 g/mol. The van der Waals surface area contributed by atoms with Gasteiger partial charge in [0, 0.05) is 26.2 Å². The van der Waals surface area contributed by atoms with Crippen molar-refractivity contribution in [1.29, 1.82) is 0 Å². The Morgan fingerprint density at radius 1 is 1.47 bits per heavy atom. The van der Waals surface area contributed by atoms with Crippen LogP contribution < -0.4 is 0 Å². The van der Waals surface area contributed by atoms with Crippen LogP contribution in [0.15, 0.2) is 0 Å². The lowest BCUT2D eigenvalue weighted by molar-refractivity contribution is -0.0369. The van der Waals surface area contributed by atoms with Gasteiger partial charge >= 0.3 is 0 Å². The van der Waals surface area contributed by atoms with Gasteiger partial charge in [-0.2, -0.15) is 0 Å². The first-order valence-electron chi connectivity index (χ1n) is 5.89. The number of ether oxygens (including phenoxy) is 1. The van der Waals surface area contributed by atoms with Crippen LogP contribution in [0.1, 0.15) is 13.3 Å². The third kappa shape index (κ3) is 4.93. The third-order valence-corrected chi connectivity index (χ3v) is 2.76. The van der Waals surface area contributed by atoms with E-state index in [1.807, 2.05) is 0 Å². The van der Waals surface area contributed by atoms with Crippen molar-refractivity contribution in [2.75, 3.05) is 53.0 Å². The number of rotatable bonds is 6. The van der Waals surface area contributed by atoms with Gasteiger partial charge in [-0.1, -0.05) is 6.92 Å². The Hall–Kier alpha value is -0.160. The van der Waals surface area contributed by atoms with Gasteiger partial charge in [-0.05, 0) is 20.0 Å². The minimum Gasteiger partial charge on any atom is -0.395 e. The van der Waals surface area contributed by atoms with Gasteiger partial charge in [0.15, 0.2) is 0 Å². The maximum absolute atomic E-state index is 8.95. The van der Waals surface area contributed by atoms with Crippen LogP contribution in [0.5, 0.6) is 0 Å². The summed E-state index contributed by atoms with van der Waals surface area (Å²) >= 11 is 0. The van der Waals surface area contributed by atoms with Gasteiger partial charge in [-0.25, -0.2) is 0 Å². The zero-order valence-corrected chi connectivity index (χ0v) is 9.98. The van der Waals surface area contributed by atoms with Gasteiger partial charge in [-0.3, -0.25) is 4.90 Å². The first-order chi connectivity index (χ1) is 7.26. The minimum absolute atomic E-state index is 0.239. The molecule has 0 aromatic heterocycles. The van der Waals surface area contributed by atoms with Crippen LogP contribution in [0.3, 0.4) is 0 Å². The van der Waals surface area contributed by atoms with Crippen molar-refractivity contribution in [3.05, 3.63) is 0 Å². The molecule has 1 rings (SSSR count). The number of nitrogens with zero attached hydrogens (tertiary/aromatic N) is 2. The smallest absolute Gasteiger partial charge is 0.0829 e. The highest BCUT2D eigenvalue weighted by Crippen LogP contribution is 2.05. The van der Waals surface area contributed by atoms with Crippen LogP contribution in [0.4, 0.5) is 0 Å². The summed E-state index contributed by atoms with van der Waals surface area (Å²) in [5, 5.41) is 8.95. The quantitative estimate of drug-likeness (QED) is 0.679. The standard InChI is InChI=1S/C11H24N2O2/c1-3-4-13(5-7-14)10-11-9-12(2)6-8-15-11/h11,14H,3-10H2,1-2H3. The molecule has 0 amide bonds. The zero-order valence-electron chi connectivity index (χ0n) is 9.98. The van der Waals surface area contributed by atoms with E-state index in [0.717, 1.165) is 45.8 Å². The van der Waals surface area contributed by atoms with Crippen LogP contribution in [-0.4, -0.2) is 74.0 Å². The predicted molar refractivity (Wildman–Crippen MR) is 61.1 cm³/mol. The fraction of sp³-hybridized carbons (Fsp3) is 1.00. The number of aliphatic hydroxyl groups is 1. The van der Waals surface area contributed by atoms with Gasteiger partial charge in [-0.15, -0.1) is 0 Å². The minimum atomic E-state index is 0.239. The monoisotopic (exact) mass is 216 g/mol. The van der Waals surface area contributed by atoms with Crippen molar-refractivity contribution < 1.29 is 9.84 Å². The molecule has 1 fully saturated rings. The van der Waals surface area contributed by atoms with E-state index in [2.05, 4.69) is 23.8 Å². The molecule has 0 aromatic carbocycles. The molecule has 1 aliphatic rings. The number of hydrogen-bond donors (Lipinski definition) is 1. The van der Waals surface area contributed by atoms with Gasteiger partial charge in [0.05, 0.1) is 19.3 Å². The topological polar surface area (TPSA) is 35.9 Å². The largest absolute Gasteiger partial charge is 0.395 e. The second-order valence-electron chi connectivity index (χ2n) is 4.28. The van der Waals surface area contributed by atoms with Gasteiger partial charge < -0.3 is 14.7 Å². The van der Waals surface area contributed by atoms with Crippen LogP contribution in [0.2, 0.25) is 0 Å². The number of hydrogen-bond acceptors (Lipinski definition) is 4. The van der Waals surface area contributed by atoms with Crippen molar-refractivity contribution in [3.63, 3.8) is 0 Å². The van der Waals surface area contributed by atoms with Crippen molar-refractivity contribution >= 4 is 0 Å². The van der Waals surface area contributed by atoms with E-state index in [9.17, 15) is 0 Å². The highest BCUT2D eigenvalue weighted by atomic mass is 16.5. The van der Waals surface area contributed by atoms with Crippen LogP contribution in [-0.2, 0) is 4.74 Å². The first-order valence-corrected chi connectivity index (χ1v) is 5.89. The highest BCUT2D eigenvalue weighted by Gasteiger charge is 2.19. The normalized spacial score (nSPS) is 23.6. The lowest BCUT2D eigenvalue weighted by Gasteiger charge is -2.33. The summed E-state index contributed by atoms with van der Waals surface area (Å²) in [6, 6.07) is 0. The summed E-state index contributed by atoms with van der Waals surface area (Å²) in [7, 11) is 2.13. The Morgan fingerprint density at radius 2 is 2.27 bits per heavy atom. The summed E-state index contributed by atoms with van der Waals surface area (Å²) in [6.45, 7) is 8.03. The van der Waals surface area contributed by atoms with E-state index in [1.165, 1.54) is 0 Å². The number of aliphatic hydroxyl groups excluding tert-OH is 1. The summed E-state index contributed by atoms with van der Waals surface area (Å²) in [5.41, 5.74) is 0. The highest BCUT2D eigenvalue weighted by molar-refractivity contribution is 4.73. The van der Waals surface area contributed by atoms with Crippen LogP contribution >= 0.6 is 0 Å². The molecule has 1 heterocycles. The summed E-state index contributed by atoms with van der Waals surface area (Å²) in [6.07, 6.45) is 1.43. The molecule has 0 radical (unpaired) electrons. The predicted octanol–water partition coefficient (Wildman–Crippen LogP) is 0.0213. The maximum Gasteiger partial charge on any atom is 0.0829 e. The summed E-state index contributed by atoms with van der Waals surface area (Å²) in [4.78, 5) is 4.58. The van der Waals surface area contributed by atoms with Crippen LogP contribution in [0, 0.1) is 0 Å². The molecule has 1 saturated heterocycles. The summed E-state index contributed by atoms with van der Waals surface area (Å²) in [5.74, 6) is 0. The summed E-state index contributed by atoms with van der Waals surface area (Å²) < 4.78 is 5.71. The lowest BCUT2D eigenvalue weighted by Crippen LogP contribution is -2.46. The molecule has 0 saturated carbocycles. The average molecular weight is 216 g/mol. The molecule has 15 heavy (non-hydrogen) atoms. The molecule has 4 nitrogen and oxygen atoms in total. The molecule has 1 atom stereocenters. The zero-order chi connectivity index (χ0) is 11.1. The van der Waals surface area contributed by atoms with E-state index in [-0.39, 0.29) is 6.61 Å². The molecule has 4 heteroatoms. The molecule has 0 aromatic rings. The van der Waals surface area contributed by atoms with Crippen molar-refractivity contribution in [2.45, 2.75) is 19.4 Å². The molecule has 0 spiro atoms. The van der Waals surface area contributed by atoms with E-state index < -0.39 is 0 Å². The van der Waals surface area contributed by atoms with Crippen molar-refractivity contribution in [3.8, 4) is 0 Å². The number of likely N-dealkylation sites (N-methyl/N-ethyl adjacent to an activating group) is 1. The van der Waals surface area contributed by atoms with E-state index in [1.54, 1.807) is 0 Å². The average Bonchev–Trinajstić information content (AvgIpc) is 2.18. The van der Waals surface area contributed by atoms with Gasteiger partial charge in [0.2, 0.25) is 0 Å². The Balaban J connectivity index is 2.28. The van der Waals surface area contributed by atoms with Gasteiger partial charge in [0.25, 0.3) is 0 Å². The second-order valence-corrected chi connectivity index (χ2v) is 4.28. The Kier molecular flexibility index (Phi) is 6.17. The number of morpholine rings is 1. The molecule has 90 valence electrons. The van der Waals surface area contributed by atoms with E-state index in [0.29, 0.717) is 6.10 Å². The Bertz CT molecular complexity index is 158. The SMILES string of the molecule is CCCN(CCO)CC1CN(C)CCO1. The third-order valence-electron chi connectivity index (χ3n) is 2.76. The first kappa shape index (κ1) is 12.9. The molecule has 1 N–H and O–H groups in total. The lowest BCUT2D eigenvalue weighted by atomic mass is 10.2. The molecule has 1 unspecified atom stereocenters. The Morgan fingerprint density at radius 3 is 2.87 bits per heavy atom. The molecule has 1 aliphatic heterocycles. The molecule has 0 bridgehead atoms. The fourth-order valence-electron chi connectivity index (χ4n) is 2.02. The van der Waals surface area contributed by atoms with Crippen molar-refractivity contribution in [1.82, 2.24) is 9.80 Å². The fourth-order valence-corrected chi connectivity index (χ4v) is 2.02. The van der Waals surface area contributed by atoms with Crippen LogP contribution in [0.25, 0.3) is 0 Å². The maximum atomic E-state index is 8.95. The second kappa shape index (κ2) is 7.17. The van der Waals surface area contributed by atoms with Gasteiger partial charge in [0.1, 0.15) is 0 Å². The molecular formula is C11H24N2O2. The Labute approximate surface area is 92.8 Å². The van der Waals surface area contributed by atoms with E-state index >= 15 is 0 Å².